The molecule has 0 aromatic heterocycles. The van der Waals surface area contributed by atoms with Crippen molar-refractivity contribution in [3.05, 3.63) is 30.1 Å². The number of nitrogens with zero attached hydrogens (tertiary/aromatic N) is 1. The highest BCUT2D eigenvalue weighted by Gasteiger charge is 2.20. The summed E-state index contributed by atoms with van der Waals surface area (Å²) in [6.45, 7) is 2.63. The predicted octanol–water partition coefficient (Wildman–Crippen LogP) is 1.74. The third-order valence-electron chi connectivity index (χ3n) is 3.60. The van der Waals surface area contributed by atoms with Crippen molar-refractivity contribution in [3.8, 4) is 0 Å². The predicted molar refractivity (Wildman–Crippen MR) is 80.0 cm³/mol. The zero-order chi connectivity index (χ0) is 15.1. The summed E-state index contributed by atoms with van der Waals surface area (Å²) in [4.78, 5) is 13.8. The second-order valence-corrected chi connectivity index (χ2v) is 5.13. The van der Waals surface area contributed by atoms with Crippen LogP contribution in [0.25, 0.3) is 0 Å². The minimum absolute atomic E-state index is 0.156. The van der Waals surface area contributed by atoms with E-state index in [4.69, 9.17) is 4.74 Å². The molecule has 0 atom stereocenters. The Labute approximate surface area is 124 Å². The number of ether oxygens (including phenoxy) is 1. The summed E-state index contributed by atoms with van der Waals surface area (Å²) in [5.74, 6) is -0.217. The highest BCUT2D eigenvalue weighted by atomic mass is 19.1. The fraction of sp³-hybridized carbons (Fsp3) is 0.533. The van der Waals surface area contributed by atoms with E-state index in [1.54, 1.807) is 19.2 Å². The van der Waals surface area contributed by atoms with Crippen LogP contribution in [-0.4, -0.2) is 45.4 Å². The zero-order valence-electron chi connectivity index (χ0n) is 12.3. The van der Waals surface area contributed by atoms with Gasteiger partial charge in [0.2, 0.25) is 0 Å². The first-order valence-corrected chi connectivity index (χ1v) is 7.23. The minimum atomic E-state index is -0.217. The van der Waals surface area contributed by atoms with Crippen molar-refractivity contribution >= 4 is 11.7 Å². The summed E-state index contributed by atoms with van der Waals surface area (Å²) in [6, 6.07) is 6.63. The lowest BCUT2D eigenvalue weighted by atomic mass is 10.0. The Bertz CT molecular complexity index is 462. The molecule has 1 aliphatic heterocycles. The number of rotatable bonds is 5. The molecular weight excluding hydrogens is 273 g/mol. The van der Waals surface area contributed by atoms with Gasteiger partial charge >= 0.3 is 6.03 Å². The van der Waals surface area contributed by atoms with E-state index in [0.717, 1.165) is 31.6 Å². The molecule has 1 fully saturated rings. The highest BCUT2D eigenvalue weighted by Crippen LogP contribution is 2.20. The molecule has 0 radical (unpaired) electrons. The number of carbonyl (C=O) groups excluding carboxylic acids is 1. The number of nitrogens with one attached hydrogen (secondary N) is 2. The number of halogens is 1. The number of carbonyl (C=O) groups is 1. The Morgan fingerprint density at radius 2 is 2.19 bits per heavy atom. The Hall–Kier alpha value is -1.82. The standard InChI is InChI=1S/C15H22FN3O2/c1-21-10-7-17-15(20)18-13-5-8-19(9-6-13)14-4-2-3-12(16)11-14/h2-4,11,13H,5-10H2,1H3,(H2,17,18,20). The fourth-order valence-electron chi connectivity index (χ4n) is 2.46. The first kappa shape index (κ1) is 15.6. The molecule has 1 saturated heterocycles. The SMILES string of the molecule is COCCNC(=O)NC1CCN(c2cccc(F)c2)CC1. The van der Waals surface area contributed by atoms with E-state index in [1.165, 1.54) is 6.07 Å². The van der Waals surface area contributed by atoms with Gasteiger partial charge in [-0.1, -0.05) is 6.07 Å². The van der Waals surface area contributed by atoms with Crippen LogP contribution in [0.5, 0.6) is 0 Å². The number of hydrogen-bond donors (Lipinski definition) is 2. The quantitative estimate of drug-likeness (QED) is 0.814. The van der Waals surface area contributed by atoms with E-state index in [0.29, 0.717) is 13.2 Å². The van der Waals surface area contributed by atoms with Gasteiger partial charge in [0.25, 0.3) is 0 Å². The van der Waals surface area contributed by atoms with Crippen LogP contribution in [0.3, 0.4) is 0 Å². The van der Waals surface area contributed by atoms with Gasteiger partial charge in [-0.2, -0.15) is 0 Å². The summed E-state index contributed by atoms with van der Waals surface area (Å²) in [6.07, 6.45) is 1.71. The van der Waals surface area contributed by atoms with E-state index in [2.05, 4.69) is 15.5 Å². The van der Waals surface area contributed by atoms with Crippen molar-refractivity contribution in [1.82, 2.24) is 10.6 Å². The lowest BCUT2D eigenvalue weighted by molar-refractivity contribution is 0.194. The van der Waals surface area contributed by atoms with Gasteiger partial charge in [0, 0.05) is 38.5 Å². The molecule has 0 unspecified atom stereocenters. The Balaban J connectivity index is 1.74. The van der Waals surface area contributed by atoms with Crippen LogP contribution in [-0.2, 0) is 4.74 Å². The van der Waals surface area contributed by atoms with Gasteiger partial charge in [0.05, 0.1) is 6.61 Å². The second-order valence-electron chi connectivity index (χ2n) is 5.13. The van der Waals surface area contributed by atoms with E-state index >= 15 is 0 Å². The number of amides is 2. The number of methoxy groups -OCH3 is 1. The zero-order valence-corrected chi connectivity index (χ0v) is 12.3. The first-order chi connectivity index (χ1) is 10.2. The third-order valence-corrected chi connectivity index (χ3v) is 3.60. The van der Waals surface area contributed by atoms with Gasteiger partial charge in [-0.3, -0.25) is 0 Å². The molecule has 2 N–H and O–H groups in total. The number of anilines is 1. The van der Waals surface area contributed by atoms with Gasteiger partial charge in [-0.15, -0.1) is 0 Å². The maximum atomic E-state index is 13.2. The maximum absolute atomic E-state index is 13.2. The lowest BCUT2D eigenvalue weighted by Gasteiger charge is -2.34. The highest BCUT2D eigenvalue weighted by molar-refractivity contribution is 5.74. The summed E-state index contributed by atoms with van der Waals surface area (Å²) in [5.41, 5.74) is 0.901. The summed E-state index contributed by atoms with van der Waals surface area (Å²) in [5, 5.41) is 5.70. The number of hydrogen-bond acceptors (Lipinski definition) is 3. The second kappa shape index (κ2) is 7.83. The maximum Gasteiger partial charge on any atom is 0.315 e. The van der Waals surface area contributed by atoms with E-state index in [-0.39, 0.29) is 17.9 Å². The van der Waals surface area contributed by atoms with Gasteiger partial charge < -0.3 is 20.3 Å². The van der Waals surface area contributed by atoms with Crippen molar-refractivity contribution < 1.29 is 13.9 Å². The van der Waals surface area contributed by atoms with Gasteiger partial charge in [0.1, 0.15) is 5.82 Å². The van der Waals surface area contributed by atoms with Crippen molar-refractivity contribution in [1.29, 1.82) is 0 Å². The molecule has 116 valence electrons. The third kappa shape index (κ3) is 4.90. The summed E-state index contributed by atoms with van der Waals surface area (Å²) < 4.78 is 18.1. The van der Waals surface area contributed by atoms with E-state index in [1.807, 2.05) is 6.07 Å². The van der Waals surface area contributed by atoms with Crippen molar-refractivity contribution in [2.45, 2.75) is 18.9 Å². The monoisotopic (exact) mass is 295 g/mol. The van der Waals surface area contributed by atoms with Crippen molar-refractivity contribution in [2.75, 3.05) is 38.3 Å². The number of urea groups is 1. The van der Waals surface area contributed by atoms with Crippen molar-refractivity contribution in [3.63, 3.8) is 0 Å². The topological polar surface area (TPSA) is 53.6 Å². The van der Waals surface area contributed by atoms with Gasteiger partial charge in [-0.05, 0) is 31.0 Å². The molecule has 0 aliphatic carbocycles. The number of benzene rings is 1. The molecule has 0 saturated carbocycles. The average molecular weight is 295 g/mol. The molecule has 1 heterocycles. The lowest BCUT2D eigenvalue weighted by Crippen LogP contribution is -2.48. The van der Waals surface area contributed by atoms with Crippen LogP contribution in [0.2, 0.25) is 0 Å². The Kier molecular flexibility index (Phi) is 5.80. The number of piperidine rings is 1. The van der Waals surface area contributed by atoms with E-state index < -0.39 is 0 Å². The van der Waals surface area contributed by atoms with Crippen LogP contribution < -0.4 is 15.5 Å². The summed E-state index contributed by atoms with van der Waals surface area (Å²) in [7, 11) is 1.60. The normalized spacial score (nSPS) is 15.8. The molecule has 0 spiro atoms. The average Bonchev–Trinajstić information content (AvgIpc) is 2.48. The molecule has 2 amide bonds. The Morgan fingerprint density at radius 1 is 1.43 bits per heavy atom. The first-order valence-electron chi connectivity index (χ1n) is 7.23. The molecule has 21 heavy (non-hydrogen) atoms. The molecule has 1 aliphatic rings. The molecule has 6 heteroatoms. The molecule has 1 aromatic rings. The minimum Gasteiger partial charge on any atom is -0.383 e. The van der Waals surface area contributed by atoms with Crippen molar-refractivity contribution in [2.24, 2.45) is 0 Å². The van der Waals surface area contributed by atoms with Crippen LogP contribution >= 0.6 is 0 Å². The van der Waals surface area contributed by atoms with Gasteiger partial charge in [-0.25, -0.2) is 9.18 Å². The Morgan fingerprint density at radius 3 is 2.86 bits per heavy atom. The van der Waals surface area contributed by atoms with Crippen LogP contribution in [0, 0.1) is 5.82 Å². The van der Waals surface area contributed by atoms with Crippen LogP contribution in [0.4, 0.5) is 14.9 Å². The van der Waals surface area contributed by atoms with Gasteiger partial charge in [0.15, 0.2) is 0 Å². The fourth-order valence-corrected chi connectivity index (χ4v) is 2.46. The van der Waals surface area contributed by atoms with Crippen LogP contribution in [0.1, 0.15) is 12.8 Å². The molecule has 0 bridgehead atoms. The molecular formula is C15H22FN3O2. The van der Waals surface area contributed by atoms with E-state index in [9.17, 15) is 9.18 Å². The summed E-state index contributed by atoms with van der Waals surface area (Å²) >= 11 is 0. The largest absolute Gasteiger partial charge is 0.383 e. The molecule has 2 rings (SSSR count). The smallest absolute Gasteiger partial charge is 0.315 e. The molecule has 5 nitrogen and oxygen atoms in total. The molecule has 1 aromatic carbocycles. The van der Waals surface area contributed by atoms with Crippen LogP contribution in [0.15, 0.2) is 24.3 Å².